The van der Waals surface area contributed by atoms with E-state index in [4.69, 9.17) is 5.73 Å². The molecule has 23 heavy (non-hydrogen) atoms. The number of carbonyl (C=O) groups excluding carboxylic acids is 1. The molecule has 0 aliphatic rings. The second-order valence-electron chi connectivity index (χ2n) is 5.39. The van der Waals surface area contributed by atoms with E-state index in [1.807, 2.05) is 78.9 Å². The number of primary amides is 1. The van der Waals surface area contributed by atoms with Crippen molar-refractivity contribution in [3.63, 3.8) is 0 Å². The van der Waals surface area contributed by atoms with Crippen LogP contribution in [0.25, 0.3) is 0 Å². The molecule has 3 aromatic rings. The number of nitrogens with two attached hydrogens (primary N) is 1. The van der Waals surface area contributed by atoms with Gasteiger partial charge in [0.2, 0.25) is 5.91 Å². The molecule has 0 bridgehead atoms. The zero-order valence-corrected chi connectivity index (χ0v) is 13.6. The number of benzene rings is 3. The Balaban J connectivity index is 2.33. The average molecular weight is 314 g/mol. The number of carbonyl (C=O) groups is 1. The lowest BCUT2D eigenvalue weighted by molar-refractivity contribution is 0.0999. The molecule has 0 unspecified atom stereocenters. The Bertz CT molecular complexity index is 776. The maximum atomic E-state index is 11.9. The summed E-state index contributed by atoms with van der Waals surface area (Å²) in [6.45, 7) is 0. The van der Waals surface area contributed by atoms with Crippen LogP contribution in [0.1, 0.15) is 27.0 Å². The molecule has 0 heterocycles. The van der Waals surface area contributed by atoms with Gasteiger partial charge in [-0.25, -0.2) is 0 Å². The highest BCUT2D eigenvalue weighted by Gasteiger charge is 2.33. The van der Waals surface area contributed by atoms with Crippen molar-refractivity contribution in [1.29, 1.82) is 0 Å². The van der Waals surface area contributed by atoms with Gasteiger partial charge in [0.25, 0.3) is 0 Å². The van der Waals surface area contributed by atoms with Crippen LogP contribution in [-0.2, 0) is 5.04 Å². The minimum atomic E-state index is -0.645. The summed E-state index contributed by atoms with van der Waals surface area (Å²) in [5, 5.41) is -0.645. The molecule has 0 aliphatic heterocycles. The molecule has 0 aromatic heterocycles. The summed E-state index contributed by atoms with van der Waals surface area (Å²) in [5.74, 6) is -0.435. The van der Waals surface area contributed by atoms with Crippen LogP contribution in [0.2, 0.25) is 0 Å². The molecule has 0 fully saturated rings. The lowest BCUT2D eigenvalue weighted by Gasteiger charge is -2.33. The van der Waals surface area contributed by atoms with E-state index < -0.39 is 10.9 Å². The maximum absolute atomic E-state index is 11.9. The fourth-order valence-corrected chi connectivity index (χ4v) is 3.43. The largest absolute Gasteiger partial charge is 0.366 e. The third-order valence-electron chi connectivity index (χ3n) is 4.01. The average Bonchev–Trinajstić information content (AvgIpc) is 2.62. The first kappa shape index (κ1) is 15.3. The van der Waals surface area contributed by atoms with Gasteiger partial charge in [-0.05, 0) is 22.8 Å². The lowest BCUT2D eigenvalue weighted by atomic mass is 9.81. The van der Waals surface area contributed by atoms with Crippen molar-refractivity contribution in [2.45, 2.75) is 5.04 Å². The van der Waals surface area contributed by atoms with E-state index in [9.17, 15) is 4.79 Å². The lowest BCUT2D eigenvalue weighted by Crippen LogP contribution is -2.32. The molecule has 1 amide bonds. The first-order chi connectivity index (χ1) is 11.1. The van der Waals surface area contributed by atoms with Crippen molar-refractivity contribution in [3.05, 3.63) is 107 Å². The van der Waals surface area contributed by atoms with Crippen LogP contribution >= 0.6 is 0 Å². The van der Waals surface area contributed by atoms with Crippen molar-refractivity contribution in [3.8, 4) is 0 Å². The van der Waals surface area contributed by atoms with Crippen LogP contribution < -0.4 is 5.73 Å². The van der Waals surface area contributed by atoms with Gasteiger partial charge >= 0.3 is 0 Å². The van der Waals surface area contributed by atoms with Crippen molar-refractivity contribution in [1.82, 2.24) is 0 Å². The molecule has 3 rings (SSSR count). The normalized spacial score (nSPS) is 11.2. The van der Waals surface area contributed by atoms with Crippen LogP contribution in [0.15, 0.2) is 84.9 Å². The summed E-state index contributed by atoms with van der Waals surface area (Å²) in [6.07, 6.45) is 0. The molecule has 0 aliphatic carbocycles. The van der Waals surface area contributed by atoms with Crippen molar-refractivity contribution < 1.29 is 4.79 Å². The van der Waals surface area contributed by atoms with E-state index in [0.717, 1.165) is 16.7 Å². The molecule has 3 heteroatoms. The highest BCUT2D eigenvalue weighted by atomic mass is 28.1. The van der Waals surface area contributed by atoms with Crippen LogP contribution in [0.5, 0.6) is 0 Å². The van der Waals surface area contributed by atoms with Gasteiger partial charge in [0.15, 0.2) is 0 Å². The highest BCUT2D eigenvalue weighted by molar-refractivity contribution is 6.21. The Morgan fingerprint density at radius 1 is 0.739 bits per heavy atom. The molecule has 3 radical (unpaired) electrons. The number of rotatable bonds is 4. The molecule has 111 valence electrons. The molecule has 0 spiro atoms. The van der Waals surface area contributed by atoms with Gasteiger partial charge in [-0.3, -0.25) is 4.79 Å². The van der Waals surface area contributed by atoms with Gasteiger partial charge in [0.05, 0.1) is 10.2 Å². The van der Waals surface area contributed by atoms with Gasteiger partial charge in [0, 0.05) is 10.6 Å². The standard InChI is InChI=1S/C20H16NOSi/c21-19(22)17-13-7-8-14-18(17)20(23,15-9-3-1-4-10-15)16-11-5-2-6-12-16/h1-14H,(H2,21,22). The van der Waals surface area contributed by atoms with Crippen LogP contribution in [0.3, 0.4) is 0 Å². The third kappa shape index (κ3) is 2.71. The molecule has 0 saturated carbocycles. The van der Waals surface area contributed by atoms with E-state index in [1.54, 1.807) is 6.07 Å². The van der Waals surface area contributed by atoms with Gasteiger partial charge in [-0.15, -0.1) is 0 Å². The van der Waals surface area contributed by atoms with Gasteiger partial charge in [0.1, 0.15) is 0 Å². The monoisotopic (exact) mass is 314 g/mol. The number of hydrogen-bond acceptors (Lipinski definition) is 1. The Morgan fingerprint density at radius 3 is 1.65 bits per heavy atom. The Labute approximate surface area is 139 Å². The van der Waals surface area contributed by atoms with Crippen molar-refractivity contribution in [2.75, 3.05) is 0 Å². The third-order valence-corrected chi connectivity index (χ3v) is 4.86. The van der Waals surface area contributed by atoms with Crippen LogP contribution in [0.4, 0.5) is 0 Å². The minimum Gasteiger partial charge on any atom is -0.366 e. The molecule has 0 saturated heterocycles. The first-order valence-corrected chi connectivity index (χ1v) is 7.89. The minimum absolute atomic E-state index is 0.435. The quantitative estimate of drug-likeness (QED) is 0.583. The smallest absolute Gasteiger partial charge is 0.249 e. The fourth-order valence-electron chi connectivity index (χ4n) is 2.88. The predicted molar refractivity (Wildman–Crippen MR) is 93.5 cm³/mol. The van der Waals surface area contributed by atoms with Crippen LogP contribution in [0, 0.1) is 0 Å². The second-order valence-corrected chi connectivity index (χ2v) is 6.14. The Kier molecular flexibility index (Phi) is 4.13. The van der Waals surface area contributed by atoms with E-state index in [2.05, 4.69) is 10.2 Å². The van der Waals surface area contributed by atoms with Crippen molar-refractivity contribution >= 4 is 16.1 Å². The zero-order valence-electron chi connectivity index (χ0n) is 12.6. The Hall–Kier alpha value is -2.65. The van der Waals surface area contributed by atoms with Gasteiger partial charge in [-0.2, -0.15) is 0 Å². The maximum Gasteiger partial charge on any atom is 0.249 e. The molecular weight excluding hydrogens is 298 g/mol. The number of amides is 1. The summed E-state index contributed by atoms with van der Waals surface area (Å²) in [7, 11) is 3.99. The fraction of sp³-hybridized carbons (Fsp3) is 0.0500. The van der Waals surface area contributed by atoms with Crippen LogP contribution in [-0.4, -0.2) is 16.1 Å². The van der Waals surface area contributed by atoms with E-state index in [-0.39, 0.29) is 0 Å². The first-order valence-electron chi connectivity index (χ1n) is 7.39. The molecule has 3 aromatic carbocycles. The van der Waals surface area contributed by atoms with E-state index in [0.29, 0.717) is 5.56 Å². The predicted octanol–water partition coefficient (Wildman–Crippen LogP) is 3.25. The second kappa shape index (κ2) is 6.22. The summed E-state index contributed by atoms with van der Waals surface area (Å²) in [4.78, 5) is 11.9. The highest BCUT2D eigenvalue weighted by Crippen LogP contribution is 2.37. The SMILES string of the molecule is NC(=O)c1ccccc1C([Si])(c1ccccc1)c1ccccc1. The van der Waals surface area contributed by atoms with Crippen molar-refractivity contribution in [2.24, 2.45) is 5.73 Å². The van der Waals surface area contributed by atoms with E-state index >= 15 is 0 Å². The number of hydrogen-bond donors (Lipinski definition) is 1. The molecule has 0 atom stereocenters. The topological polar surface area (TPSA) is 43.1 Å². The van der Waals surface area contributed by atoms with E-state index in [1.165, 1.54) is 0 Å². The summed E-state index contributed by atoms with van der Waals surface area (Å²) < 4.78 is 0. The van der Waals surface area contributed by atoms with Gasteiger partial charge in [-0.1, -0.05) is 78.9 Å². The van der Waals surface area contributed by atoms with Gasteiger partial charge < -0.3 is 5.73 Å². The summed E-state index contributed by atoms with van der Waals surface area (Å²) >= 11 is 0. The Morgan fingerprint density at radius 2 is 1.17 bits per heavy atom. The molecular formula is C20H16NOSi. The molecule has 2 nitrogen and oxygen atoms in total. The summed E-state index contributed by atoms with van der Waals surface area (Å²) in [5.41, 5.74) is 9.03. The molecule has 2 N–H and O–H groups in total. The zero-order chi connectivity index (χ0) is 16.3. The summed E-state index contributed by atoms with van der Waals surface area (Å²) in [6, 6.07) is 27.5.